The monoisotopic (exact) mass is 509 g/mol. The minimum Gasteiger partial charge on any atom is -0.456 e. The van der Waals surface area contributed by atoms with Gasteiger partial charge in [-0.25, -0.2) is 0 Å². The highest BCUT2D eigenvalue weighted by atomic mass is 32.2. The molecule has 4 rings (SSSR count). The molecule has 8 nitrogen and oxygen atoms in total. The van der Waals surface area contributed by atoms with E-state index in [1.165, 1.54) is 17.8 Å². The van der Waals surface area contributed by atoms with Gasteiger partial charge in [0.2, 0.25) is 5.91 Å². The first-order valence-electron chi connectivity index (χ1n) is 10.8. The van der Waals surface area contributed by atoms with Gasteiger partial charge < -0.3 is 25.0 Å². The first-order valence-corrected chi connectivity index (χ1v) is 11.6. The number of rotatable bonds is 6. The Morgan fingerprint density at radius 3 is 2.66 bits per heavy atom. The molecule has 2 aromatic rings. The van der Waals surface area contributed by atoms with Crippen molar-refractivity contribution < 1.29 is 37.0 Å². The van der Waals surface area contributed by atoms with Crippen LogP contribution in [0.3, 0.4) is 0 Å². The lowest BCUT2D eigenvalue weighted by molar-refractivity contribution is -0.147. The third-order valence-electron chi connectivity index (χ3n) is 5.37. The smallest absolute Gasteiger partial charge is 0.416 e. The second kappa shape index (κ2) is 10.6. The summed E-state index contributed by atoms with van der Waals surface area (Å²) < 4.78 is 50.0. The van der Waals surface area contributed by atoms with Crippen LogP contribution in [0.15, 0.2) is 47.4 Å². The predicted octanol–water partition coefficient (Wildman–Crippen LogP) is 3.53. The molecule has 35 heavy (non-hydrogen) atoms. The lowest BCUT2D eigenvalue weighted by atomic mass is 10.1. The van der Waals surface area contributed by atoms with Crippen LogP contribution in [-0.2, 0) is 30.0 Å². The molecule has 1 fully saturated rings. The van der Waals surface area contributed by atoms with Gasteiger partial charge in [-0.05, 0) is 30.3 Å². The molecule has 0 aromatic heterocycles. The first kappa shape index (κ1) is 24.9. The number of thioether (sulfide) groups is 1. The highest BCUT2D eigenvalue weighted by Gasteiger charge is 2.32. The molecule has 1 atom stereocenters. The minimum absolute atomic E-state index is 0.0402. The maximum atomic E-state index is 13.2. The number of carbonyl (C=O) groups is 3. The number of hydrogen-bond acceptors (Lipinski definition) is 7. The minimum atomic E-state index is -4.59. The third-order valence-corrected chi connectivity index (χ3v) is 6.65. The summed E-state index contributed by atoms with van der Waals surface area (Å²) in [5.41, 5.74) is 0.114. The molecule has 2 heterocycles. The summed E-state index contributed by atoms with van der Waals surface area (Å²) in [4.78, 5) is 39.6. The molecule has 0 unspecified atom stereocenters. The number of benzene rings is 2. The molecule has 12 heteroatoms. The van der Waals surface area contributed by atoms with E-state index in [1.807, 2.05) is 17.0 Å². The van der Waals surface area contributed by atoms with E-state index in [0.29, 0.717) is 37.7 Å². The first-order chi connectivity index (χ1) is 16.7. The molecular formula is C23H22F3N3O5S. The van der Waals surface area contributed by atoms with E-state index >= 15 is 0 Å². The second-order valence-electron chi connectivity index (χ2n) is 7.83. The lowest BCUT2D eigenvalue weighted by Gasteiger charge is -2.31. The zero-order chi connectivity index (χ0) is 25.0. The normalized spacial score (nSPS) is 17.9. The van der Waals surface area contributed by atoms with Crippen molar-refractivity contribution in [3.05, 3.63) is 48.0 Å². The van der Waals surface area contributed by atoms with Crippen molar-refractivity contribution >= 4 is 46.6 Å². The van der Waals surface area contributed by atoms with Gasteiger partial charge in [-0.3, -0.25) is 14.4 Å². The molecule has 0 radical (unpaired) electrons. The van der Waals surface area contributed by atoms with Crippen molar-refractivity contribution in [1.29, 1.82) is 0 Å². The van der Waals surface area contributed by atoms with E-state index in [2.05, 4.69) is 10.6 Å². The highest BCUT2D eigenvalue weighted by Crippen LogP contribution is 2.37. The number of para-hydroxylation sites is 1. The highest BCUT2D eigenvalue weighted by molar-refractivity contribution is 8.01. The lowest BCUT2D eigenvalue weighted by Crippen LogP contribution is -2.37. The summed E-state index contributed by atoms with van der Waals surface area (Å²) >= 11 is 1.22. The van der Waals surface area contributed by atoms with Crippen LogP contribution < -0.4 is 15.5 Å². The van der Waals surface area contributed by atoms with Crippen molar-refractivity contribution in [1.82, 2.24) is 0 Å². The topological polar surface area (TPSA) is 97.0 Å². The maximum Gasteiger partial charge on any atom is 0.416 e. The molecular weight excluding hydrogens is 487 g/mol. The Kier molecular flexibility index (Phi) is 7.51. The molecule has 186 valence electrons. The van der Waals surface area contributed by atoms with Crippen LogP contribution in [0.1, 0.15) is 12.0 Å². The SMILES string of the molecule is O=C(COC(=O)C[C@@H]1Sc2ccccc2NC1=O)Nc1cc(C(F)(F)F)ccc1N1CCOCC1. The Morgan fingerprint density at radius 2 is 1.91 bits per heavy atom. The molecule has 0 saturated carbocycles. The summed E-state index contributed by atoms with van der Waals surface area (Å²) in [5.74, 6) is -1.92. The van der Waals surface area contributed by atoms with E-state index in [1.54, 1.807) is 12.1 Å². The maximum absolute atomic E-state index is 13.2. The fraction of sp³-hybridized carbons (Fsp3) is 0.348. The summed E-state index contributed by atoms with van der Waals surface area (Å²) in [6.07, 6.45) is -4.85. The van der Waals surface area contributed by atoms with Crippen LogP contribution in [0.4, 0.5) is 30.2 Å². The van der Waals surface area contributed by atoms with Crippen LogP contribution >= 0.6 is 11.8 Å². The fourth-order valence-electron chi connectivity index (χ4n) is 3.66. The third kappa shape index (κ3) is 6.25. The summed E-state index contributed by atoms with van der Waals surface area (Å²) in [7, 11) is 0. The Balaban J connectivity index is 1.37. The molecule has 2 aliphatic rings. The number of anilines is 3. The van der Waals surface area contributed by atoms with Gasteiger partial charge in [0.1, 0.15) is 0 Å². The number of nitrogens with zero attached hydrogens (tertiary/aromatic N) is 1. The number of fused-ring (bicyclic) bond motifs is 1. The van der Waals surface area contributed by atoms with Crippen LogP contribution in [-0.4, -0.2) is 55.9 Å². The van der Waals surface area contributed by atoms with E-state index in [4.69, 9.17) is 9.47 Å². The van der Waals surface area contributed by atoms with Crippen LogP contribution in [0.25, 0.3) is 0 Å². The van der Waals surface area contributed by atoms with Crippen molar-refractivity contribution in [2.75, 3.05) is 48.4 Å². The summed E-state index contributed by atoms with van der Waals surface area (Å²) in [5, 5.41) is 4.41. The van der Waals surface area contributed by atoms with Crippen LogP contribution in [0, 0.1) is 0 Å². The number of morpholine rings is 1. The average Bonchev–Trinajstić information content (AvgIpc) is 2.83. The number of alkyl halides is 3. The molecule has 0 spiro atoms. The van der Waals surface area contributed by atoms with Gasteiger partial charge in [0.25, 0.3) is 5.91 Å². The van der Waals surface area contributed by atoms with Crippen molar-refractivity contribution in [3.63, 3.8) is 0 Å². The second-order valence-corrected chi connectivity index (χ2v) is 9.08. The van der Waals surface area contributed by atoms with Gasteiger partial charge in [-0.15, -0.1) is 11.8 Å². The zero-order valence-corrected chi connectivity index (χ0v) is 19.2. The van der Waals surface area contributed by atoms with Crippen LogP contribution in [0.2, 0.25) is 0 Å². The van der Waals surface area contributed by atoms with Crippen LogP contribution in [0.5, 0.6) is 0 Å². The average molecular weight is 510 g/mol. The Labute approximate surface area is 203 Å². The molecule has 2 aromatic carbocycles. The van der Waals surface area contributed by atoms with Gasteiger partial charge in [0.15, 0.2) is 6.61 Å². The quantitative estimate of drug-likeness (QED) is 0.575. The molecule has 1 saturated heterocycles. The number of nitrogens with one attached hydrogen (secondary N) is 2. The van der Waals surface area contributed by atoms with Gasteiger partial charge in [-0.1, -0.05) is 12.1 Å². The Bertz CT molecular complexity index is 1120. The van der Waals surface area contributed by atoms with E-state index in [9.17, 15) is 27.6 Å². The van der Waals surface area contributed by atoms with E-state index < -0.39 is 35.5 Å². The van der Waals surface area contributed by atoms with E-state index in [-0.39, 0.29) is 18.0 Å². The Hall–Kier alpha value is -3.25. The number of esters is 1. The fourth-order valence-corrected chi connectivity index (χ4v) is 4.76. The van der Waals surface area contributed by atoms with Crippen molar-refractivity contribution in [2.24, 2.45) is 0 Å². The number of amides is 2. The molecule has 0 bridgehead atoms. The standard InChI is InChI=1S/C23H22F3N3O5S/c24-23(25,26)14-5-6-17(29-7-9-33-10-8-29)16(11-14)27-20(30)13-34-21(31)12-19-22(32)28-15-3-1-2-4-18(15)35-19/h1-6,11,19H,7-10,12-13H2,(H,27,30)(H,28,32)/t19-/m0/s1. The number of ether oxygens (including phenoxy) is 2. The van der Waals surface area contributed by atoms with Gasteiger partial charge in [-0.2, -0.15) is 13.2 Å². The molecule has 0 aliphatic carbocycles. The van der Waals surface area contributed by atoms with Gasteiger partial charge in [0, 0.05) is 18.0 Å². The summed E-state index contributed by atoms with van der Waals surface area (Å²) in [6, 6.07) is 10.2. The number of halogens is 3. The van der Waals surface area contributed by atoms with Gasteiger partial charge >= 0.3 is 12.1 Å². The molecule has 2 aliphatic heterocycles. The number of carbonyl (C=O) groups excluding carboxylic acids is 3. The predicted molar refractivity (Wildman–Crippen MR) is 123 cm³/mol. The largest absolute Gasteiger partial charge is 0.456 e. The molecule has 2 N–H and O–H groups in total. The van der Waals surface area contributed by atoms with Crippen molar-refractivity contribution in [2.45, 2.75) is 22.7 Å². The molecule has 2 amide bonds. The van der Waals surface area contributed by atoms with Gasteiger partial charge in [0.05, 0.1) is 47.5 Å². The van der Waals surface area contributed by atoms with Crippen molar-refractivity contribution in [3.8, 4) is 0 Å². The van der Waals surface area contributed by atoms with E-state index in [0.717, 1.165) is 17.0 Å². The number of hydrogen-bond donors (Lipinski definition) is 2. The Morgan fingerprint density at radius 1 is 1.17 bits per heavy atom. The summed E-state index contributed by atoms with van der Waals surface area (Å²) in [6.45, 7) is 1.01. The zero-order valence-electron chi connectivity index (χ0n) is 18.4.